The van der Waals surface area contributed by atoms with E-state index < -0.39 is 10.0 Å². The molecule has 8 heteroatoms. The number of imidazole rings is 1. The van der Waals surface area contributed by atoms with Gasteiger partial charge >= 0.3 is 0 Å². The number of carbonyl (C=O) groups is 1. The van der Waals surface area contributed by atoms with Crippen molar-refractivity contribution in [2.24, 2.45) is 0 Å². The van der Waals surface area contributed by atoms with E-state index in [1.54, 1.807) is 24.3 Å². The molecule has 0 aliphatic heterocycles. The summed E-state index contributed by atoms with van der Waals surface area (Å²) in [5, 5.41) is 2.84. The molecule has 0 aliphatic carbocycles. The molecule has 7 nitrogen and oxygen atoms in total. The molecular weight excluding hydrogens is 364 g/mol. The van der Waals surface area contributed by atoms with Crippen LogP contribution in [0.1, 0.15) is 17.8 Å². The lowest BCUT2D eigenvalue weighted by atomic mass is 10.2. The van der Waals surface area contributed by atoms with E-state index in [1.807, 2.05) is 24.3 Å². The molecule has 0 saturated carbocycles. The molecule has 3 rings (SSSR count). The predicted octanol–water partition coefficient (Wildman–Crippen LogP) is 2.06. The molecule has 27 heavy (non-hydrogen) atoms. The van der Waals surface area contributed by atoms with Crippen LogP contribution < -0.4 is 5.32 Å². The van der Waals surface area contributed by atoms with Crippen molar-refractivity contribution in [2.75, 3.05) is 14.1 Å². The predicted molar refractivity (Wildman–Crippen MR) is 104 cm³/mol. The summed E-state index contributed by atoms with van der Waals surface area (Å²) >= 11 is 0. The minimum absolute atomic E-state index is 0.0829. The van der Waals surface area contributed by atoms with Crippen LogP contribution in [0.25, 0.3) is 11.0 Å². The maximum Gasteiger partial charge on any atom is 0.242 e. The van der Waals surface area contributed by atoms with Gasteiger partial charge in [-0.15, -0.1) is 0 Å². The highest BCUT2D eigenvalue weighted by molar-refractivity contribution is 7.89. The van der Waals surface area contributed by atoms with Gasteiger partial charge in [0.15, 0.2) is 0 Å². The highest BCUT2D eigenvalue weighted by atomic mass is 32.2. The van der Waals surface area contributed by atoms with Crippen LogP contribution in [0.3, 0.4) is 0 Å². The Kier molecular flexibility index (Phi) is 5.57. The van der Waals surface area contributed by atoms with Gasteiger partial charge in [-0.25, -0.2) is 17.7 Å². The Morgan fingerprint density at radius 1 is 1.11 bits per heavy atom. The molecule has 3 aromatic rings. The highest BCUT2D eigenvalue weighted by Crippen LogP contribution is 2.14. The van der Waals surface area contributed by atoms with Crippen LogP contribution in [0.15, 0.2) is 53.4 Å². The summed E-state index contributed by atoms with van der Waals surface area (Å²) in [6.07, 6.45) is 0.855. The van der Waals surface area contributed by atoms with Gasteiger partial charge in [0.1, 0.15) is 5.82 Å². The van der Waals surface area contributed by atoms with Crippen molar-refractivity contribution in [3.05, 3.63) is 59.9 Å². The fourth-order valence-electron chi connectivity index (χ4n) is 2.64. The summed E-state index contributed by atoms with van der Waals surface area (Å²) in [6.45, 7) is 0.348. The summed E-state index contributed by atoms with van der Waals surface area (Å²) in [4.78, 5) is 19.9. The lowest BCUT2D eigenvalue weighted by Gasteiger charge is -2.11. The molecule has 0 atom stereocenters. The van der Waals surface area contributed by atoms with Gasteiger partial charge in [-0.1, -0.05) is 24.3 Å². The zero-order chi connectivity index (χ0) is 19.4. The Balaban J connectivity index is 1.51. The van der Waals surface area contributed by atoms with E-state index >= 15 is 0 Å². The molecule has 1 aromatic heterocycles. The van der Waals surface area contributed by atoms with E-state index in [9.17, 15) is 13.2 Å². The lowest BCUT2D eigenvalue weighted by Crippen LogP contribution is -2.24. The highest BCUT2D eigenvalue weighted by Gasteiger charge is 2.16. The number of aryl methyl sites for hydroxylation is 1. The van der Waals surface area contributed by atoms with Crippen LogP contribution in [0.2, 0.25) is 0 Å². The smallest absolute Gasteiger partial charge is 0.242 e. The van der Waals surface area contributed by atoms with Gasteiger partial charge in [-0.05, 0) is 29.8 Å². The first-order chi connectivity index (χ1) is 12.9. The monoisotopic (exact) mass is 386 g/mol. The number of fused-ring (bicyclic) bond motifs is 1. The standard InChI is InChI=1S/C19H22N4O3S/c1-23(2)27(25,26)15-9-7-14(8-10-15)13-20-19(24)12-11-18-21-16-5-3-4-6-17(16)22-18/h3-10H,11-13H2,1-2H3,(H,20,24)(H,21,22). The zero-order valence-electron chi connectivity index (χ0n) is 15.3. The van der Waals surface area contributed by atoms with Gasteiger partial charge < -0.3 is 10.3 Å². The Labute approximate surface area is 158 Å². The number of sulfonamides is 1. The minimum Gasteiger partial charge on any atom is -0.352 e. The number of para-hydroxylation sites is 2. The number of aromatic amines is 1. The van der Waals surface area contributed by atoms with E-state index in [-0.39, 0.29) is 10.8 Å². The average Bonchev–Trinajstić information content (AvgIpc) is 3.08. The Morgan fingerprint density at radius 3 is 2.48 bits per heavy atom. The number of carbonyl (C=O) groups excluding carboxylic acids is 1. The fourth-order valence-corrected chi connectivity index (χ4v) is 3.54. The molecule has 0 unspecified atom stereocenters. The first kappa shape index (κ1) is 19.1. The van der Waals surface area contributed by atoms with Crippen LogP contribution in [0.4, 0.5) is 0 Å². The molecule has 2 aromatic carbocycles. The van der Waals surface area contributed by atoms with Gasteiger partial charge in [0.2, 0.25) is 15.9 Å². The number of aromatic nitrogens is 2. The number of rotatable bonds is 7. The first-order valence-electron chi connectivity index (χ1n) is 8.58. The van der Waals surface area contributed by atoms with Gasteiger partial charge in [0.05, 0.1) is 15.9 Å². The van der Waals surface area contributed by atoms with E-state index in [0.717, 1.165) is 22.4 Å². The van der Waals surface area contributed by atoms with Crippen LogP contribution in [-0.4, -0.2) is 42.7 Å². The van der Waals surface area contributed by atoms with E-state index in [2.05, 4.69) is 15.3 Å². The van der Waals surface area contributed by atoms with Gasteiger partial charge in [-0.3, -0.25) is 4.79 Å². The van der Waals surface area contributed by atoms with Crippen molar-refractivity contribution in [1.82, 2.24) is 19.6 Å². The number of nitrogens with zero attached hydrogens (tertiary/aromatic N) is 2. The summed E-state index contributed by atoms with van der Waals surface area (Å²) in [5.41, 5.74) is 2.69. The molecule has 2 N–H and O–H groups in total. The van der Waals surface area contributed by atoms with E-state index in [1.165, 1.54) is 18.4 Å². The SMILES string of the molecule is CN(C)S(=O)(=O)c1ccc(CNC(=O)CCc2nc3ccccc3[nH]2)cc1. The van der Waals surface area contributed by atoms with Gasteiger partial charge in [0.25, 0.3) is 0 Å². The molecule has 0 radical (unpaired) electrons. The number of nitrogens with one attached hydrogen (secondary N) is 2. The third-order valence-electron chi connectivity index (χ3n) is 4.22. The van der Waals surface area contributed by atoms with Crippen LogP contribution in [-0.2, 0) is 27.8 Å². The molecule has 1 heterocycles. The molecule has 142 valence electrons. The number of benzene rings is 2. The lowest BCUT2D eigenvalue weighted by molar-refractivity contribution is -0.121. The topological polar surface area (TPSA) is 95.2 Å². The zero-order valence-corrected chi connectivity index (χ0v) is 16.1. The second-order valence-corrected chi connectivity index (χ2v) is 8.56. The molecule has 0 bridgehead atoms. The quantitative estimate of drug-likeness (QED) is 0.650. The van der Waals surface area contributed by atoms with Crippen LogP contribution in [0, 0.1) is 0 Å². The van der Waals surface area contributed by atoms with Crippen molar-refractivity contribution < 1.29 is 13.2 Å². The minimum atomic E-state index is -3.44. The first-order valence-corrected chi connectivity index (χ1v) is 10.0. The van der Waals surface area contributed by atoms with Crippen LogP contribution in [0.5, 0.6) is 0 Å². The normalized spacial score (nSPS) is 11.8. The molecule has 0 saturated heterocycles. The van der Waals surface area contributed by atoms with E-state index in [0.29, 0.717) is 19.4 Å². The second kappa shape index (κ2) is 7.89. The maximum atomic E-state index is 12.1. The number of amides is 1. The third kappa shape index (κ3) is 4.53. The van der Waals surface area contributed by atoms with Gasteiger partial charge in [0, 0.05) is 33.5 Å². The largest absolute Gasteiger partial charge is 0.352 e. The Hall–Kier alpha value is -2.71. The van der Waals surface area contributed by atoms with Gasteiger partial charge in [-0.2, -0.15) is 0 Å². The number of hydrogen-bond donors (Lipinski definition) is 2. The van der Waals surface area contributed by atoms with Crippen molar-refractivity contribution >= 4 is 27.0 Å². The number of hydrogen-bond acceptors (Lipinski definition) is 4. The Bertz CT molecular complexity index is 1010. The average molecular weight is 386 g/mol. The van der Waals surface area contributed by atoms with Crippen LogP contribution >= 0.6 is 0 Å². The molecule has 0 spiro atoms. The molecule has 1 amide bonds. The van der Waals surface area contributed by atoms with Crippen molar-refractivity contribution in [3.63, 3.8) is 0 Å². The number of H-pyrrole nitrogens is 1. The van der Waals surface area contributed by atoms with Crippen molar-refractivity contribution in [3.8, 4) is 0 Å². The second-order valence-electron chi connectivity index (χ2n) is 6.41. The Morgan fingerprint density at radius 2 is 1.81 bits per heavy atom. The summed E-state index contributed by atoms with van der Waals surface area (Å²) in [6, 6.07) is 14.2. The summed E-state index contributed by atoms with van der Waals surface area (Å²) in [7, 11) is -0.457. The molecule has 0 fully saturated rings. The molecular formula is C19H22N4O3S. The summed E-state index contributed by atoms with van der Waals surface area (Å²) in [5.74, 6) is 0.699. The van der Waals surface area contributed by atoms with E-state index in [4.69, 9.17) is 0 Å². The third-order valence-corrected chi connectivity index (χ3v) is 6.05. The molecule has 0 aliphatic rings. The summed E-state index contributed by atoms with van der Waals surface area (Å²) < 4.78 is 25.3. The van der Waals surface area contributed by atoms with Crippen molar-refractivity contribution in [1.29, 1.82) is 0 Å². The van der Waals surface area contributed by atoms with Crippen molar-refractivity contribution in [2.45, 2.75) is 24.3 Å². The maximum absolute atomic E-state index is 12.1. The fraction of sp³-hybridized carbons (Fsp3) is 0.263.